The van der Waals surface area contributed by atoms with Crippen LogP contribution in [0.2, 0.25) is 0 Å². The zero-order valence-electron chi connectivity index (χ0n) is 14.6. The standard InChI is InChI=1S/C19H26N2O3/c1-3-21-17(22)6-4-11-19(21)12-5-13-20(14-19)18(23)15-7-9-16(24-2)10-8-15/h7-10H,3-6,11-14H2,1-2H3. The Labute approximate surface area is 143 Å². The van der Waals surface area contributed by atoms with Crippen LogP contribution in [0, 0.1) is 0 Å². The maximum atomic E-state index is 12.9. The smallest absolute Gasteiger partial charge is 0.253 e. The lowest BCUT2D eigenvalue weighted by atomic mass is 9.79. The van der Waals surface area contributed by atoms with Gasteiger partial charge in [0, 0.05) is 31.6 Å². The number of carbonyl (C=O) groups is 2. The van der Waals surface area contributed by atoms with Crippen molar-refractivity contribution in [2.75, 3.05) is 26.7 Å². The number of likely N-dealkylation sites (N-methyl/N-ethyl adjacent to an activating group) is 1. The molecule has 0 bridgehead atoms. The van der Waals surface area contributed by atoms with E-state index in [0.717, 1.165) is 44.5 Å². The second-order valence-electron chi connectivity index (χ2n) is 6.77. The van der Waals surface area contributed by atoms with Crippen LogP contribution >= 0.6 is 0 Å². The van der Waals surface area contributed by atoms with Gasteiger partial charge in [0.2, 0.25) is 5.91 Å². The largest absolute Gasteiger partial charge is 0.497 e. The van der Waals surface area contributed by atoms with Gasteiger partial charge in [0.15, 0.2) is 0 Å². The minimum absolute atomic E-state index is 0.0470. The Hall–Kier alpha value is -2.04. The van der Waals surface area contributed by atoms with Gasteiger partial charge in [0.1, 0.15) is 5.75 Å². The van der Waals surface area contributed by atoms with Crippen molar-refractivity contribution in [3.63, 3.8) is 0 Å². The van der Waals surface area contributed by atoms with Crippen molar-refractivity contribution in [3.05, 3.63) is 29.8 Å². The van der Waals surface area contributed by atoms with E-state index >= 15 is 0 Å². The fourth-order valence-corrected chi connectivity index (χ4v) is 4.24. The molecule has 1 aromatic carbocycles. The minimum atomic E-state index is -0.162. The number of ether oxygens (including phenoxy) is 1. The van der Waals surface area contributed by atoms with E-state index in [1.807, 2.05) is 41.0 Å². The maximum Gasteiger partial charge on any atom is 0.253 e. The van der Waals surface area contributed by atoms with Gasteiger partial charge in [-0.15, -0.1) is 0 Å². The third-order valence-electron chi connectivity index (χ3n) is 5.40. The van der Waals surface area contributed by atoms with Crippen LogP contribution in [-0.4, -0.2) is 53.9 Å². The van der Waals surface area contributed by atoms with Gasteiger partial charge in [0.25, 0.3) is 5.91 Å². The van der Waals surface area contributed by atoms with Crippen LogP contribution < -0.4 is 4.74 Å². The first-order chi connectivity index (χ1) is 11.6. The second kappa shape index (κ2) is 6.83. The van der Waals surface area contributed by atoms with Gasteiger partial charge in [0.05, 0.1) is 12.6 Å². The Morgan fingerprint density at radius 2 is 1.92 bits per heavy atom. The summed E-state index contributed by atoms with van der Waals surface area (Å²) in [5.41, 5.74) is 0.516. The average Bonchev–Trinajstić information content (AvgIpc) is 2.61. The van der Waals surface area contributed by atoms with E-state index in [-0.39, 0.29) is 17.4 Å². The normalized spacial score (nSPS) is 24.3. The van der Waals surface area contributed by atoms with E-state index in [2.05, 4.69) is 0 Å². The summed E-state index contributed by atoms with van der Waals surface area (Å²) in [6.07, 6.45) is 4.52. The Balaban J connectivity index is 1.79. The summed E-state index contributed by atoms with van der Waals surface area (Å²) in [6, 6.07) is 7.25. The molecule has 1 atom stereocenters. The Morgan fingerprint density at radius 3 is 2.58 bits per heavy atom. The first kappa shape index (κ1) is 16.8. The molecule has 5 nitrogen and oxygen atoms in total. The highest BCUT2D eigenvalue weighted by atomic mass is 16.5. The Kier molecular flexibility index (Phi) is 4.78. The number of benzene rings is 1. The molecule has 5 heteroatoms. The minimum Gasteiger partial charge on any atom is -0.497 e. The molecule has 1 spiro atoms. The van der Waals surface area contributed by atoms with Crippen molar-refractivity contribution in [2.45, 2.75) is 44.6 Å². The first-order valence-electron chi connectivity index (χ1n) is 8.83. The lowest BCUT2D eigenvalue weighted by Crippen LogP contribution is -2.63. The summed E-state index contributed by atoms with van der Waals surface area (Å²) in [7, 11) is 1.62. The number of amides is 2. The quantitative estimate of drug-likeness (QED) is 0.856. The number of carbonyl (C=O) groups excluding carboxylic acids is 2. The molecule has 2 aliphatic rings. The molecule has 2 heterocycles. The molecule has 0 radical (unpaired) electrons. The number of methoxy groups -OCH3 is 1. The van der Waals surface area contributed by atoms with Crippen molar-refractivity contribution in [2.24, 2.45) is 0 Å². The lowest BCUT2D eigenvalue weighted by molar-refractivity contribution is -0.144. The molecule has 0 saturated carbocycles. The summed E-state index contributed by atoms with van der Waals surface area (Å²) in [5, 5.41) is 0. The van der Waals surface area contributed by atoms with Gasteiger partial charge in [-0.2, -0.15) is 0 Å². The average molecular weight is 330 g/mol. The highest BCUT2D eigenvalue weighted by Gasteiger charge is 2.45. The maximum absolute atomic E-state index is 12.9. The molecule has 1 aromatic rings. The van der Waals surface area contributed by atoms with E-state index in [1.54, 1.807) is 7.11 Å². The zero-order chi connectivity index (χ0) is 17.2. The van der Waals surface area contributed by atoms with Crippen LogP contribution in [0.15, 0.2) is 24.3 Å². The van der Waals surface area contributed by atoms with Crippen molar-refractivity contribution < 1.29 is 14.3 Å². The molecule has 0 N–H and O–H groups in total. The predicted octanol–water partition coefficient (Wildman–Crippen LogP) is 2.70. The van der Waals surface area contributed by atoms with Crippen molar-refractivity contribution in [1.82, 2.24) is 9.80 Å². The first-order valence-corrected chi connectivity index (χ1v) is 8.83. The fraction of sp³-hybridized carbons (Fsp3) is 0.579. The zero-order valence-corrected chi connectivity index (χ0v) is 14.6. The Morgan fingerprint density at radius 1 is 1.21 bits per heavy atom. The predicted molar refractivity (Wildman–Crippen MR) is 92.1 cm³/mol. The number of piperidine rings is 2. The molecule has 0 aromatic heterocycles. The molecule has 1 unspecified atom stereocenters. The molecular weight excluding hydrogens is 304 g/mol. The topological polar surface area (TPSA) is 49.9 Å². The number of rotatable bonds is 3. The van der Waals surface area contributed by atoms with Gasteiger partial charge in [-0.25, -0.2) is 0 Å². The summed E-state index contributed by atoms with van der Waals surface area (Å²) < 4.78 is 5.16. The van der Waals surface area contributed by atoms with Crippen molar-refractivity contribution in [1.29, 1.82) is 0 Å². The SMILES string of the molecule is CCN1C(=O)CCCC12CCCN(C(=O)c1ccc(OC)cc1)C2. The van der Waals surface area contributed by atoms with Crippen LogP contribution in [0.3, 0.4) is 0 Å². The van der Waals surface area contributed by atoms with Crippen molar-refractivity contribution in [3.8, 4) is 5.75 Å². The highest BCUT2D eigenvalue weighted by Crippen LogP contribution is 2.37. The molecule has 3 rings (SSSR count). The van der Waals surface area contributed by atoms with Crippen LogP contribution in [0.1, 0.15) is 49.4 Å². The summed E-state index contributed by atoms with van der Waals surface area (Å²) in [4.78, 5) is 29.1. The number of likely N-dealkylation sites (tertiary alicyclic amines) is 2. The molecule has 130 valence electrons. The molecule has 2 saturated heterocycles. The van der Waals surface area contributed by atoms with E-state index in [1.165, 1.54) is 0 Å². The molecule has 0 aliphatic carbocycles. The van der Waals surface area contributed by atoms with Gasteiger partial charge in [-0.3, -0.25) is 9.59 Å². The van der Waals surface area contributed by atoms with Gasteiger partial charge >= 0.3 is 0 Å². The summed E-state index contributed by atoms with van der Waals surface area (Å²) in [6.45, 7) is 4.18. The molecule has 2 fully saturated rings. The van der Waals surface area contributed by atoms with Gasteiger partial charge < -0.3 is 14.5 Å². The molecule has 2 aliphatic heterocycles. The van der Waals surface area contributed by atoms with E-state index in [4.69, 9.17) is 4.74 Å². The van der Waals surface area contributed by atoms with Gasteiger partial charge in [-0.1, -0.05) is 0 Å². The lowest BCUT2D eigenvalue weighted by Gasteiger charge is -2.52. The molecular formula is C19H26N2O3. The molecule has 24 heavy (non-hydrogen) atoms. The number of nitrogens with zero attached hydrogens (tertiary/aromatic N) is 2. The van der Waals surface area contributed by atoms with Gasteiger partial charge in [-0.05, 0) is 56.9 Å². The highest BCUT2D eigenvalue weighted by molar-refractivity contribution is 5.94. The van der Waals surface area contributed by atoms with E-state index < -0.39 is 0 Å². The third kappa shape index (κ3) is 2.99. The van der Waals surface area contributed by atoms with Crippen LogP contribution in [0.4, 0.5) is 0 Å². The van der Waals surface area contributed by atoms with E-state index in [9.17, 15) is 9.59 Å². The fourth-order valence-electron chi connectivity index (χ4n) is 4.24. The van der Waals surface area contributed by atoms with Crippen LogP contribution in [0.25, 0.3) is 0 Å². The second-order valence-corrected chi connectivity index (χ2v) is 6.77. The Bertz CT molecular complexity index is 610. The third-order valence-corrected chi connectivity index (χ3v) is 5.40. The van der Waals surface area contributed by atoms with Crippen LogP contribution in [-0.2, 0) is 4.79 Å². The summed E-state index contributed by atoms with van der Waals surface area (Å²) in [5.74, 6) is 1.03. The number of hydrogen-bond donors (Lipinski definition) is 0. The van der Waals surface area contributed by atoms with Crippen LogP contribution in [0.5, 0.6) is 5.75 Å². The van der Waals surface area contributed by atoms with E-state index in [0.29, 0.717) is 18.5 Å². The monoisotopic (exact) mass is 330 g/mol. The molecule has 2 amide bonds. The number of hydrogen-bond acceptors (Lipinski definition) is 3. The van der Waals surface area contributed by atoms with Crippen molar-refractivity contribution >= 4 is 11.8 Å². The summed E-state index contributed by atoms with van der Waals surface area (Å²) >= 11 is 0.